The topological polar surface area (TPSA) is 37.3 Å². The van der Waals surface area contributed by atoms with Gasteiger partial charge in [-0.1, -0.05) is 25.3 Å². The molecule has 0 aromatic carbocycles. The zero-order valence-electron chi connectivity index (χ0n) is 9.50. The van der Waals surface area contributed by atoms with Crippen LogP contribution in [0.1, 0.15) is 57.8 Å². The number of hydrogen-bond acceptors (Lipinski definition) is 2. The van der Waals surface area contributed by atoms with E-state index < -0.39 is 5.60 Å². The maximum atomic E-state index is 11.4. The molecule has 0 amide bonds. The molecule has 0 heterocycles. The highest BCUT2D eigenvalue weighted by Crippen LogP contribution is 2.30. The van der Waals surface area contributed by atoms with E-state index in [2.05, 4.69) is 6.58 Å². The van der Waals surface area contributed by atoms with Crippen molar-refractivity contribution >= 4 is 5.78 Å². The SMILES string of the molecule is C=CCCCCCCC1(O)CCCC1=O. The smallest absolute Gasteiger partial charge is 0.164 e. The minimum Gasteiger partial charge on any atom is -0.382 e. The summed E-state index contributed by atoms with van der Waals surface area (Å²) in [6, 6.07) is 0. The molecule has 86 valence electrons. The van der Waals surface area contributed by atoms with E-state index in [0.717, 1.165) is 25.7 Å². The Morgan fingerprint density at radius 2 is 2.07 bits per heavy atom. The maximum Gasteiger partial charge on any atom is 0.164 e. The zero-order chi connectivity index (χ0) is 11.1. The molecule has 15 heavy (non-hydrogen) atoms. The summed E-state index contributed by atoms with van der Waals surface area (Å²) >= 11 is 0. The summed E-state index contributed by atoms with van der Waals surface area (Å²) in [6.07, 6.45) is 10.2. The van der Waals surface area contributed by atoms with E-state index in [1.165, 1.54) is 12.8 Å². The minimum atomic E-state index is -0.960. The lowest BCUT2D eigenvalue weighted by Gasteiger charge is -2.19. The lowest BCUT2D eigenvalue weighted by molar-refractivity contribution is -0.134. The number of ketones is 1. The number of carbonyl (C=O) groups excluding carboxylic acids is 1. The molecule has 1 aliphatic rings. The van der Waals surface area contributed by atoms with Crippen LogP contribution in [0.3, 0.4) is 0 Å². The predicted octanol–water partition coefficient (Wildman–Crippen LogP) is 3.00. The van der Waals surface area contributed by atoms with Crippen LogP contribution < -0.4 is 0 Å². The fraction of sp³-hybridized carbons (Fsp3) is 0.769. The van der Waals surface area contributed by atoms with Gasteiger partial charge in [0.2, 0.25) is 0 Å². The van der Waals surface area contributed by atoms with Gasteiger partial charge in [0, 0.05) is 6.42 Å². The fourth-order valence-electron chi connectivity index (χ4n) is 2.24. The van der Waals surface area contributed by atoms with E-state index >= 15 is 0 Å². The van der Waals surface area contributed by atoms with Crippen molar-refractivity contribution < 1.29 is 9.90 Å². The first-order valence-electron chi connectivity index (χ1n) is 6.05. The molecule has 2 nitrogen and oxygen atoms in total. The summed E-state index contributed by atoms with van der Waals surface area (Å²) in [5.41, 5.74) is -0.960. The molecule has 0 spiro atoms. The zero-order valence-corrected chi connectivity index (χ0v) is 9.50. The molecule has 1 rings (SSSR count). The molecular formula is C13H22O2. The molecule has 0 aromatic heterocycles. The van der Waals surface area contributed by atoms with Crippen LogP contribution in [0.5, 0.6) is 0 Å². The van der Waals surface area contributed by atoms with Gasteiger partial charge in [-0.05, 0) is 32.1 Å². The van der Waals surface area contributed by atoms with Crippen molar-refractivity contribution in [2.75, 3.05) is 0 Å². The molecular weight excluding hydrogens is 188 g/mol. The fourth-order valence-corrected chi connectivity index (χ4v) is 2.24. The summed E-state index contributed by atoms with van der Waals surface area (Å²) in [4.78, 5) is 11.4. The number of Topliss-reactive ketones (excluding diaryl/α,β-unsaturated/α-hetero) is 1. The second-order valence-corrected chi connectivity index (χ2v) is 4.55. The Morgan fingerprint density at radius 1 is 1.33 bits per heavy atom. The molecule has 1 unspecified atom stereocenters. The van der Waals surface area contributed by atoms with Crippen molar-refractivity contribution in [1.82, 2.24) is 0 Å². The second-order valence-electron chi connectivity index (χ2n) is 4.55. The largest absolute Gasteiger partial charge is 0.382 e. The third kappa shape index (κ3) is 3.78. The van der Waals surface area contributed by atoms with Crippen LogP contribution in [0.25, 0.3) is 0 Å². The monoisotopic (exact) mass is 210 g/mol. The van der Waals surface area contributed by atoms with Crippen molar-refractivity contribution in [3.05, 3.63) is 12.7 Å². The Hall–Kier alpha value is -0.630. The van der Waals surface area contributed by atoms with Crippen LogP contribution in [-0.4, -0.2) is 16.5 Å². The average Bonchev–Trinajstić information content (AvgIpc) is 2.54. The summed E-state index contributed by atoms with van der Waals surface area (Å²) < 4.78 is 0. The van der Waals surface area contributed by atoms with Gasteiger partial charge in [-0.15, -0.1) is 6.58 Å². The van der Waals surface area contributed by atoms with Crippen molar-refractivity contribution in [2.24, 2.45) is 0 Å². The average molecular weight is 210 g/mol. The third-order valence-electron chi connectivity index (χ3n) is 3.26. The van der Waals surface area contributed by atoms with Crippen LogP contribution in [0.4, 0.5) is 0 Å². The first-order chi connectivity index (χ1) is 7.19. The molecule has 1 N–H and O–H groups in total. The number of hydrogen-bond donors (Lipinski definition) is 1. The maximum absolute atomic E-state index is 11.4. The Morgan fingerprint density at radius 3 is 2.67 bits per heavy atom. The van der Waals surface area contributed by atoms with E-state index in [0.29, 0.717) is 19.3 Å². The second kappa shape index (κ2) is 6.06. The standard InChI is InChI=1S/C13H22O2/c1-2-3-4-5-6-7-10-13(15)11-8-9-12(13)14/h2,15H,1,3-11H2. The molecule has 0 bridgehead atoms. The van der Waals surface area contributed by atoms with Crippen LogP contribution in [0.2, 0.25) is 0 Å². The van der Waals surface area contributed by atoms with E-state index in [9.17, 15) is 9.90 Å². The first-order valence-corrected chi connectivity index (χ1v) is 6.05. The van der Waals surface area contributed by atoms with Gasteiger partial charge in [0.25, 0.3) is 0 Å². The van der Waals surface area contributed by atoms with Gasteiger partial charge in [0.15, 0.2) is 5.78 Å². The number of unbranched alkanes of at least 4 members (excludes halogenated alkanes) is 4. The lowest BCUT2D eigenvalue weighted by Crippen LogP contribution is -2.33. The molecule has 0 radical (unpaired) electrons. The molecule has 1 aliphatic carbocycles. The van der Waals surface area contributed by atoms with Gasteiger partial charge in [0.05, 0.1) is 0 Å². The third-order valence-corrected chi connectivity index (χ3v) is 3.26. The number of rotatable bonds is 7. The van der Waals surface area contributed by atoms with Gasteiger partial charge < -0.3 is 5.11 Å². The van der Waals surface area contributed by atoms with Gasteiger partial charge in [-0.3, -0.25) is 4.79 Å². The van der Waals surface area contributed by atoms with Crippen molar-refractivity contribution in [1.29, 1.82) is 0 Å². The molecule has 0 aliphatic heterocycles. The highest BCUT2D eigenvalue weighted by molar-refractivity contribution is 5.88. The first kappa shape index (κ1) is 12.4. The van der Waals surface area contributed by atoms with Gasteiger partial charge in [-0.2, -0.15) is 0 Å². The summed E-state index contributed by atoms with van der Waals surface area (Å²) in [7, 11) is 0. The van der Waals surface area contributed by atoms with Crippen LogP contribution >= 0.6 is 0 Å². The quantitative estimate of drug-likeness (QED) is 0.518. The summed E-state index contributed by atoms with van der Waals surface area (Å²) in [6.45, 7) is 3.68. The van der Waals surface area contributed by atoms with E-state index in [4.69, 9.17) is 0 Å². The van der Waals surface area contributed by atoms with E-state index in [1.54, 1.807) is 0 Å². The Labute approximate surface area is 92.4 Å². The van der Waals surface area contributed by atoms with Crippen LogP contribution in [0.15, 0.2) is 12.7 Å². The predicted molar refractivity (Wildman–Crippen MR) is 61.7 cm³/mol. The van der Waals surface area contributed by atoms with Crippen LogP contribution in [0, 0.1) is 0 Å². The number of aliphatic hydroxyl groups is 1. The van der Waals surface area contributed by atoms with Gasteiger partial charge >= 0.3 is 0 Å². The van der Waals surface area contributed by atoms with Crippen molar-refractivity contribution in [2.45, 2.75) is 63.4 Å². The normalized spacial score (nSPS) is 25.8. The summed E-state index contributed by atoms with van der Waals surface area (Å²) in [5, 5.41) is 10.00. The molecule has 0 saturated heterocycles. The Bertz CT molecular complexity index is 223. The van der Waals surface area contributed by atoms with Crippen molar-refractivity contribution in [3.8, 4) is 0 Å². The van der Waals surface area contributed by atoms with Gasteiger partial charge in [-0.25, -0.2) is 0 Å². The highest BCUT2D eigenvalue weighted by Gasteiger charge is 2.38. The molecule has 1 atom stereocenters. The molecule has 1 fully saturated rings. The highest BCUT2D eigenvalue weighted by atomic mass is 16.3. The van der Waals surface area contributed by atoms with Gasteiger partial charge in [0.1, 0.15) is 5.60 Å². The van der Waals surface area contributed by atoms with E-state index in [1.807, 2.05) is 6.08 Å². The Balaban J connectivity index is 2.09. The molecule has 1 saturated carbocycles. The van der Waals surface area contributed by atoms with Crippen molar-refractivity contribution in [3.63, 3.8) is 0 Å². The number of allylic oxidation sites excluding steroid dienone is 1. The molecule has 2 heteroatoms. The van der Waals surface area contributed by atoms with Crippen LogP contribution in [-0.2, 0) is 4.79 Å². The Kier molecular flexibility index (Phi) is 5.03. The lowest BCUT2D eigenvalue weighted by atomic mass is 9.93. The molecule has 0 aromatic rings. The summed E-state index contributed by atoms with van der Waals surface area (Å²) in [5.74, 6) is 0.0635. The van der Waals surface area contributed by atoms with E-state index in [-0.39, 0.29) is 5.78 Å². The minimum absolute atomic E-state index is 0.0635. The number of carbonyl (C=O) groups is 1.